The Bertz CT molecular complexity index is 1110. The molecule has 12 heteroatoms. The highest BCUT2D eigenvalue weighted by Gasteiger charge is 2.42. The Morgan fingerprint density at radius 2 is 2.03 bits per heavy atom. The number of H-pyrrole nitrogens is 1. The van der Waals surface area contributed by atoms with Gasteiger partial charge in [0.2, 0.25) is 0 Å². The van der Waals surface area contributed by atoms with Crippen molar-refractivity contribution < 1.29 is 24.7 Å². The van der Waals surface area contributed by atoms with Crippen molar-refractivity contribution in [3.63, 3.8) is 0 Å². The number of nitrogens with zero attached hydrogens (tertiary/aromatic N) is 2. The van der Waals surface area contributed by atoms with Crippen LogP contribution in [0.2, 0.25) is 0 Å². The lowest BCUT2D eigenvalue weighted by Crippen LogP contribution is -2.40. The average molecular weight is 482 g/mol. The normalized spacial score (nSPS) is 22.3. The molecule has 11 nitrogen and oxygen atoms in total. The molecule has 0 bridgehead atoms. The Labute approximate surface area is 176 Å². The van der Waals surface area contributed by atoms with Gasteiger partial charge in [-0.15, -0.1) is 0 Å². The van der Waals surface area contributed by atoms with Crippen molar-refractivity contribution in [2.24, 2.45) is 0 Å². The van der Waals surface area contributed by atoms with E-state index in [0.29, 0.717) is 0 Å². The molecule has 1 aliphatic heterocycles. The molecule has 0 spiro atoms. The van der Waals surface area contributed by atoms with Crippen molar-refractivity contribution >= 4 is 33.5 Å². The number of hydrogen-bond acceptors (Lipinski definition) is 8. The number of hydrogen-bond donors (Lipinski definition) is 3. The SMILES string of the molecule is O=C(c1ccc([N+](=O)[O-])cc1)C(O)[C@H]1O[C@@H](n2cc(C=CBr)c(=O)[nH]c2=O)C[C@@H]1O. The summed E-state index contributed by atoms with van der Waals surface area (Å²) in [7, 11) is 0. The van der Waals surface area contributed by atoms with E-state index >= 15 is 0 Å². The molecule has 0 amide bonds. The minimum Gasteiger partial charge on any atom is -0.390 e. The molecular weight excluding hydrogens is 466 g/mol. The highest BCUT2D eigenvalue weighted by molar-refractivity contribution is 9.11. The quantitative estimate of drug-likeness (QED) is 0.308. The largest absolute Gasteiger partial charge is 0.390 e. The number of ketones is 1. The number of carbonyl (C=O) groups is 1. The Hall–Kier alpha value is -2.93. The Morgan fingerprint density at radius 1 is 1.37 bits per heavy atom. The zero-order chi connectivity index (χ0) is 22.0. The average Bonchev–Trinajstić information content (AvgIpc) is 3.10. The molecule has 1 aromatic heterocycles. The zero-order valence-corrected chi connectivity index (χ0v) is 16.8. The van der Waals surface area contributed by atoms with Crippen LogP contribution in [0.3, 0.4) is 0 Å². The molecule has 1 aliphatic rings. The molecule has 1 unspecified atom stereocenters. The lowest BCUT2D eigenvalue weighted by molar-refractivity contribution is -0.384. The summed E-state index contributed by atoms with van der Waals surface area (Å²) in [6, 6.07) is 4.61. The minimum absolute atomic E-state index is 0.00157. The number of nitrogens with one attached hydrogen (secondary N) is 1. The van der Waals surface area contributed by atoms with E-state index in [1.165, 1.54) is 29.4 Å². The van der Waals surface area contributed by atoms with Gasteiger partial charge in [0.05, 0.1) is 16.6 Å². The number of halogens is 1. The van der Waals surface area contributed by atoms with E-state index in [-0.39, 0.29) is 23.2 Å². The summed E-state index contributed by atoms with van der Waals surface area (Å²) in [5.74, 6) is -0.800. The third-order valence-corrected chi connectivity index (χ3v) is 4.89. The van der Waals surface area contributed by atoms with Crippen LogP contribution in [0.15, 0.2) is 45.0 Å². The molecule has 1 saturated heterocycles. The number of rotatable bonds is 6. The van der Waals surface area contributed by atoms with Gasteiger partial charge in [-0.2, -0.15) is 0 Å². The number of benzene rings is 1. The number of nitro groups is 1. The summed E-state index contributed by atoms with van der Waals surface area (Å²) < 4.78 is 6.61. The van der Waals surface area contributed by atoms with Crippen molar-refractivity contribution in [2.45, 2.75) is 31.0 Å². The zero-order valence-electron chi connectivity index (χ0n) is 15.2. The summed E-state index contributed by atoms with van der Waals surface area (Å²) in [5.41, 5.74) is -1.46. The predicted molar refractivity (Wildman–Crippen MR) is 107 cm³/mol. The maximum absolute atomic E-state index is 12.5. The van der Waals surface area contributed by atoms with Gasteiger partial charge in [-0.1, -0.05) is 15.9 Å². The maximum Gasteiger partial charge on any atom is 0.330 e. The van der Waals surface area contributed by atoms with Crippen LogP contribution in [0.1, 0.15) is 28.6 Å². The molecule has 0 radical (unpaired) electrons. The molecule has 158 valence electrons. The number of ether oxygens (including phenoxy) is 1. The molecule has 3 rings (SSSR count). The molecule has 30 heavy (non-hydrogen) atoms. The lowest BCUT2D eigenvalue weighted by Gasteiger charge is -2.20. The van der Waals surface area contributed by atoms with Gasteiger partial charge in [0.25, 0.3) is 11.2 Å². The number of non-ortho nitro benzene ring substituents is 1. The minimum atomic E-state index is -1.77. The number of Topliss-reactive ketones (excluding diaryl/α,β-unsaturated/α-hetero) is 1. The maximum atomic E-state index is 12.5. The lowest BCUT2D eigenvalue weighted by atomic mass is 9.99. The summed E-state index contributed by atoms with van der Waals surface area (Å²) >= 11 is 3.04. The van der Waals surface area contributed by atoms with Crippen LogP contribution in [-0.2, 0) is 4.74 Å². The first kappa shape index (κ1) is 21.8. The topological polar surface area (TPSA) is 165 Å². The van der Waals surface area contributed by atoms with Crippen LogP contribution in [-0.4, -0.2) is 48.8 Å². The van der Waals surface area contributed by atoms with Gasteiger partial charge in [0.1, 0.15) is 18.4 Å². The number of aromatic nitrogens is 2. The van der Waals surface area contributed by atoms with Crippen molar-refractivity contribution in [1.29, 1.82) is 0 Å². The highest BCUT2D eigenvalue weighted by atomic mass is 79.9. The second-order valence-corrected chi connectivity index (χ2v) is 7.04. The highest BCUT2D eigenvalue weighted by Crippen LogP contribution is 2.30. The van der Waals surface area contributed by atoms with Crippen LogP contribution in [0.4, 0.5) is 5.69 Å². The molecule has 3 N–H and O–H groups in total. The first-order valence-corrected chi connectivity index (χ1v) is 9.57. The van der Waals surface area contributed by atoms with Crippen LogP contribution in [0, 0.1) is 10.1 Å². The van der Waals surface area contributed by atoms with E-state index in [9.17, 15) is 34.7 Å². The number of carbonyl (C=O) groups excluding carboxylic acids is 1. The fraction of sp³-hybridized carbons (Fsp3) is 0.278. The molecule has 1 fully saturated rings. The third-order valence-electron chi connectivity index (χ3n) is 4.63. The summed E-state index contributed by atoms with van der Waals surface area (Å²) in [6.45, 7) is 0. The molecule has 2 aromatic rings. The Morgan fingerprint density at radius 3 is 2.63 bits per heavy atom. The smallest absolute Gasteiger partial charge is 0.330 e. The van der Waals surface area contributed by atoms with E-state index in [1.54, 1.807) is 0 Å². The van der Waals surface area contributed by atoms with Crippen LogP contribution >= 0.6 is 15.9 Å². The van der Waals surface area contributed by atoms with Crippen LogP contribution in [0.25, 0.3) is 6.08 Å². The first-order chi connectivity index (χ1) is 14.2. The van der Waals surface area contributed by atoms with Crippen molar-refractivity contribution in [3.05, 3.63) is 77.5 Å². The molecule has 0 aliphatic carbocycles. The first-order valence-electron chi connectivity index (χ1n) is 8.65. The van der Waals surface area contributed by atoms with E-state index in [2.05, 4.69) is 20.9 Å². The van der Waals surface area contributed by atoms with E-state index in [4.69, 9.17) is 4.74 Å². The van der Waals surface area contributed by atoms with E-state index < -0.39 is 46.5 Å². The van der Waals surface area contributed by atoms with Crippen molar-refractivity contribution in [2.75, 3.05) is 0 Å². The number of aromatic amines is 1. The van der Waals surface area contributed by atoms with Crippen LogP contribution < -0.4 is 11.2 Å². The second-order valence-electron chi connectivity index (χ2n) is 6.52. The molecular formula is C18H16BrN3O8. The fourth-order valence-corrected chi connectivity index (χ4v) is 3.39. The monoisotopic (exact) mass is 481 g/mol. The fourth-order valence-electron chi connectivity index (χ4n) is 3.10. The number of aliphatic hydroxyl groups excluding tert-OH is 2. The number of aliphatic hydroxyl groups is 2. The van der Waals surface area contributed by atoms with Gasteiger partial charge < -0.3 is 14.9 Å². The molecule has 1 aromatic carbocycles. The Balaban J connectivity index is 1.81. The number of nitro benzene ring substituents is 1. The van der Waals surface area contributed by atoms with Gasteiger partial charge in [-0.25, -0.2) is 4.79 Å². The van der Waals surface area contributed by atoms with E-state index in [1.807, 2.05) is 0 Å². The standard InChI is InChI=1S/C18H16BrN3O8/c19-6-5-10-8-21(18(27)20-17(10)26)13-7-12(23)16(30-13)15(25)14(24)9-1-3-11(4-2-9)22(28)29/h1-6,8,12-13,15-16,23,25H,7H2,(H,20,26,27)/t12-,13+,15?,16-/m0/s1. The van der Waals surface area contributed by atoms with Gasteiger partial charge in [0, 0.05) is 30.3 Å². The van der Waals surface area contributed by atoms with E-state index in [0.717, 1.165) is 16.7 Å². The third kappa shape index (κ3) is 4.31. The molecule has 4 atom stereocenters. The van der Waals surface area contributed by atoms with Crippen LogP contribution in [0.5, 0.6) is 0 Å². The van der Waals surface area contributed by atoms with Gasteiger partial charge in [-0.05, 0) is 23.2 Å². The van der Waals surface area contributed by atoms with Crippen molar-refractivity contribution in [1.82, 2.24) is 9.55 Å². The predicted octanol–water partition coefficient (Wildman–Crippen LogP) is 0.703. The summed E-state index contributed by atoms with van der Waals surface area (Å²) in [4.78, 5) is 50.1. The van der Waals surface area contributed by atoms with Gasteiger partial charge in [-0.3, -0.25) is 29.3 Å². The second kappa shape index (κ2) is 8.83. The van der Waals surface area contributed by atoms with Gasteiger partial charge >= 0.3 is 5.69 Å². The summed E-state index contributed by atoms with van der Waals surface area (Å²) in [5, 5.41) is 31.4. The molecule has 2 heterocycles. The van der Waals surface area contributed by atoms with Gasteiger partial charge in [0.15, 0.2) is 5.78 Å². The Kier molecular flexibility index (Phi) is 6.41. The van der Waals surface area contributed by atoms with Crippen molar-refractivity contribution in [3.8, 4) is 0 Å². The molecule has 0 saturated carbocycles. The summed E-state index contributed by atoms with van der Waals surface area (Å²) in [6.07, 6.45) is -2.89.